The molecular formula is C14F24O8S2. The van der Waals surface area contributed by atoms with E-state index in [-0.39, 0.29) is 0 Å². The van der Waals surface area contributed by atoms with Gasteiger partial charge in [-0.05, 0) is 0 Å². The Morgan fingerprint density at radius 1 is 0.396 bits per heavy atom. The minimum atomic E-state index is -8.18. The predicted molar refractivity (Wildman–Crippen MR) is 90.1 cm³/mol. The molecule has 2 aliphatic rings. The molecule has 2 rings (SSSR count). The molecule has 0 radical (unpaired) electrons. The molecule has 0 saturated heterocycles. The molecule has 0 bridgehead atoms. The third kappa shape index (κ3) is 5.70. The van der Waals surface area contributed by atoms with Crippen LogP contribution in [0.15, 0.2) is 24.1 Å². The third-order valence-electron chi connectivity index (χ3n) is 4.95. The molecule has 0 unspecified atom stereocenters. The minimum absolute atomic E-state index is 2.41. The number of halogens is 24. The van der Waals surface area contributed by atoms with Crippen LogP contribution < -0.4 is 0 Å². The highest BCUT2D eigenvalue weighted by atomic mass is 32.3. The number of rotatable bonds is 8. The van der Waals surface area contributed by atoms with Crippen molar-refractivity contribution in [1.29, 1.82) is 0 Å². The molecule has 2 heterocycles. The molecule has 8 nitrogen and oxygen atoms in total. The molecule has 0 aromatic heterocycles. The second-order valence-corrected chi connectivity index (χ2v) is 10.7. The molecule has 0 spiro atoms. The van der Waals surface area contributed by atoms with Gasteiger partial charge < -0.3 is 18.9 Å². The standard InChI is InChI=1S/C8F14O4S.C6F10O4S/c9-1-2(10)26-6(25-1,7(17,18)19)4(13,14)3(11,12)5(15,16)8(20,21)27(22,23)24;7-1-2(8)20-4(19-1,5(11,12)13)3(9,10)6(14,15)21(16,17)18. The first kappa shape index (κ1) is 42.9. The van der Waals surface area contributed by atoms with Crippen LogP contribution in [0.2, 0.25) is 0 Å². The zero-order valence-corrected chi connectivity index (χ0v) is 21.8. The molecule has 0 aliphatic carbocycles. The SMILES string of the molecule is O=S(=O)(F)C(F)(F)C(F)(F)C(F)(F)C(F)(F)C1(C(F)(F)F)OC(F)=C(F)O1.O=S(=O)(F)C(F)(F)C(F)(F)C1(C(F)(F)F)OC(F)=C(F)O1. The van der Waals surface area contributed by atoms with Gasteiger partial charge in [0.15, 0.2) is 0 Å². The van der Waals surface area contributed by atoms with E-state index >= 15 is 0 Å². The molecule has 48 heavy (non-hydrogen) atoms. The maximum Gasteiger partial charge on any atom is 0.475 e. The van der Waals surface area contributed by atoms with Crippen LogP contribution in [0, 0.1) is 0 Å². The Morgan fingerprint density at radius 2 is 0.625 bits per heavy atom. The summed E-state index contributed by atoms with van der Waals surface area (Å²) in [7, 11) is -15.8. The largest absolute Gasteiger partial charge is 0.475 e. The number of ether oxygens (including phenoxy) is 4. The first-order valence-corrected chi connectivity index (χ1v) is 12.4. The van der Waals surface area contributed by atoms with Crippen LogP contribution in [0.1, 0.15) is 0 Å². The van der Waals surface area contributed by atoms with E-state index in [9.17, 15) is 121 Å². The molecule has 0 N–H and O–H groups in total. The van der Waals surface area contributed by atoms with Crippen molar-refractivity contribution in [3.63, 3.8) is 0 Å². The van der Waals surface area contributed by atoms with Gasteiger partial charge in [0.2, 0.25) is 0 Å². The normalized spacial score (nSPS) is 20.0. The lowest BCUT2D eigenvalue weighted by Gasteiger charge is -2.41. The maximum atomic E-state index is 13.6. The summed E-state index contributed by atoms with van der Waals surface area (Å²) in [6.45, 7) is 0. The van der Waals surface area contributed by atoms with Gasteiger partial charge in [-0.3, -0.25) is 0 Å². The topological polar surface area (TPSA) is 105 Å². The van der Waals surface area contributed by atoms with Gasteiger partial charge in [0.1, 0.15) is 0 Å². The Labute approximate surface area is 243 Å². The Bertz CT molecular complexity index is 1530. The summed E-state index contributed by atoms with van der Waals surface area (Å²) in [4.78, 5) is 0. The van der Waals surface area contributed by atoms with E-state index in [0.717, 1.165) is 0 Å². The van der Waals surface area contributed by atoms with Crippen molar-refractivity contribution in [2.45, 2.75) is 58.1 Å². The van der Waals surface area contributed by atoms with Gasteiger partial charge in [-0.1, -0.05) is 7.77 Å². The average Bonchev–Trinajstić information content (AvgIpc) is 3.34. The minimum Gasteiger partial charge on any atom is -0.410 e. The maximum absolute atomic E-state index is 13.6. The summed E-state index contributed by atoms with van der Waals surface area (Å²) in [5.41, 5.74) is 0. The van der Waals surface area contributed by atoms with E-state index in [1.165, 1.54) is 0 Å². The van der Waals surface area contributed by atoms with Crippen LogP contribution in [0.5, 0.6) is 0 Å². The summed E-state index contributed by atoms with van der Waals surface area (Å²) in [5, 5.41) is -14.8. The molecular weight excluding hydrogens is 816 g/mol. The summed E-state index contributed by atoms with van der Waals surface area (Å²) in [6.07, 6.45) is -14.0. The van der Waals surface area contributed by atoms with Crippen molar-refractivity contribution in [3.05, 3.63) is 24.1 Å². The van der Waals surface area contributed by atoms with Gasteiger partial charge in [-0.2, -0.15) is 113 Å². The number of hydrogen-bond donors (Lipinski definition) is 0. The fourth-order valence-corrected chi connectivity index (χ4v) is 3.51. The zero-order valence-electron chi connectivity index (χ0n) is 20.2. The Kier molecular flexibility index (Phi) is 10.0. The quantitative estimate of drug-likeness (QED) is 0.190. The van der Waals surface area contributed by atoms with E-state index in [1.54, 1.807) is 0 Å². The van der Waals surface area contributed by atoms with Crippen LogP contribution in [-0.2, 0) is 39.4 Å². The Balaban J connectivity index is 0.000000495. The monoisotopic (exact) mass is 816 g/mol. The first-order chi connectivity index (χ1) is 20.5. The van der Waals surface area contributed by atoms with Crippen LogP contribution in [-0.4, -0.2) is 75.0 Å². The van der Waals surface area contributed by atoms with Crippen molar-refractivity contribution in [1.82, 2.24) is 0 Å². The molecule has 2 aliphatic heterocycles. The molecule has 0 fully saturated rings. The lowest BCUT2D eigenvalue weighted by Crippen LogP contribution is -2.74. The van der Waals surface area contributed by atoms with Crippen molar-refractivity contribution in [3.8, 4) is 0 Å². The van der Waals surface area contributed by atoms with Crippen molar-refractivity contribution in [2.24, 2.45) is 0 Å². The molecule has 284 valence electrons. The van der Waals surface area contributed by atoms with Crippen LogP contribution in [0.3, 0.4) is 0 Å². The second kappa shape index (κ2) is 11.2. The highest BCUT2D eigenvalue weighted by molar-refractivity contribution is 7.87. The molecule has 0 saturated carbocycles. The predicted octanol–water partition coefficient (Wildman–Crippen LogP) is 7.04. The van der Waals surface area contributed by atoms with Gasteiger partial charge in [-0.15, -0.1) is 0 Å². The lowest BCUT2D eigenvalue weighted by atomic mass is 9.95. The van der Waals surface area contributed by atoms with Gasteiger partial charge in [0.05, 0.1) is 0 Å². The van der Waals surface area contributed by atoms with E-state index in [0.29, 0.717) is 0 Å². The summed E-state index contributed by atoms with van der Waals surface area (Å²) < 4.78 is 357. The van der Waals surface area contributed by atoms with Crippen molar-refractivity contribution < 1.29 is 140 Å². The highest BCUT2D eigenvalue weighted by Gasteiger charge is 2.95. The van der Waals surface area contributed by atoms with Crippen LogP contribution >= 0.6 is 0 Å². The smallest absolute Gasteiger partial charge is 0.410 e. The van der Waals surface area contributed by atoms with E-state index in [1.807, 2.05) is 0 Å². The molecule has 0 aromatic rings. The molecule has 0 atom stereocenters. The summed E-state index contributed by atoms with van der Waals surface area (Å²) in [6, 6.07) is -13.1. The van der Waals surface area contributed by atoms with E-state index < -0.39 is 103 Å². The molecule has 34 heteroatoms. The van der Waals surface area contributed by atoms with E-state index in [4.69, 9.17) is 0 Å². The summed E-state index contributed by atoms with van der Waals surface area (Å²) in [5.74, 6) is -44.0. The second-order valence-electron chi connectivity index (χ2n) is 7.94. The van der Waals surface area contributed by atoms with Gasteiger partial charge in [0.25, 0.3) is 0 Å². The third-order valence-corrected chi connectivity index (χ3v) is 6.69. The first-order valence-electron chi connectivity index (χ1n) is 9.67. The number of alkyl halides is 18. The summed E-state index contributed by atoms with van der Waals surface area (Å²) >= 11 is 0. The Hall–Kier alpha value is -3.10. The Morgan fingerprint density at radius 3 is 0.833 bits per heavy atom. The van der Waals surface area contributed by atoms with Gasteiger partial charge in [-0.25, -0.2) is 0 Å². The van der Waals surface area contributed by atoms with Gasteiger partial charge >= 0.3 is 103 Å². The number of hydrogen-bond acceptors (Lipinski definition) is 8. The van der Waals surface area contributed by atoms with Crippen molar-refractivity contribution in [2.75, 3.05) is 0 Å². The average molecular weight is 816 g/mol. The van der Waals surface area contributed by atoms with Gasteiger partial charge in [0, 0.05) is 0 Å². The molecule has 0 amide bonds. The van der Waals surface area contributed by atoms with Crippen molar-refractivity contribution >= 4 is 20.4 Å². The lowest BCUT2D eigenvalue weighted by molar-refractivity contribution is -0.469. The fourth-order valence-electron chi connectivity index (χ4n) is 2.64. The van der Waals surface area contributed by atoms with E-state index in [2.05, 4.69) is 18.9 Å². The zero-order chi connectivity index (χ0) is 39.1. The van der Waals surface area contributed by atoms with Crippen LogP contribution in [0.25, 0.3) is 0 Å². The molecule has 0 aromatic carbocycles. The van der Waals surface area contributed by atoms with Crippen LogP contribution in [0.4, 0.5) is 104 Å². The fraction of sp³-hybridized carbons (Fsp3) is 0.714. The highest BCUT2D eigenvalue weighted by Crippen LogP contribution is 2.63.